The molecule has 3 aromatic carbocycles. The Morgan fingerprint density at radius 3 is 2.21 bits per heavy atom. The van der Waals surface area contributed by atoms with Crippen LogP contribution in [-0.4, -0.2) is 23.6 Å². The Morgan fingerprint density at radius 2 is 1.52 bits per heavy atom. The number of hydrogen-bond acceptors (Lipinski definition) is 3. The molecule has 170 valence electrons. The van der Waals surface area contributed by atoms with Crippen LogP contribution in [0.15, 0.2) is 84.4 Å². The normalized spacial score (nSPS) is 11.1. The van der Waals surface area contributed by atoms with Crippen LogP contribution >= 0.6 is 0 Å². The molecule has 0 aliphatic rings. The van der Waals surface area contributed by atoms with Crippen LogP contribution in [0.3, 0.4) is 0 Å². The van der Waals surface area contributed by atoms with Gasteiger partial charge in [-0.05, 0) is 61.1 Å². The Morgan fingerprint density at radius 1 is 0.879 bits per heavy atom. The molecule has 0 radical (unpaired) electrons. The average molecular weight is 444 g/mol. The summed E-state index contributed by atoms with van der Waals surface area (Å²) in [5.74, 6) is -0.554. The number of carbonyl (C=O) groups excluding carboxylic acids is 1. The lowest BCUT2D eigenvalue weighted by molar-refractivity contribution is -0.137. The van der Waals surface area contributed by atoms with Gasteiger partial charge in [0.05, 0.1) is 12.3 Å². The zero-order valence-corrected chi connectivity index (χ0v) is 18.8. The number of ether oxygens (including phenoxy) is 1. The van der Waals surface area contributed by atoms with Gasteiger partial charge in [0, 0.05) is 12.0 Å². The summed E-state index contributed by atoms with van der Waals surface area (Å²) in [7, 11) is 0. The predicted octanol–water partition coefficient (Wildman–Crippen LogP) is 5.76. The van der Waals surface area contributed by atoms with E-state index in [2.05, 4.69) is 41.7 Å². The molecule has 0 spiro atoms. The molecule has 0 saturated carbocycles. The molecular formula is C28H29NO4. The molecular weight excluding hydrogens is 414 g/mol. The van der Waals surface area contributed by atoms with Gasteiger partial charge in [-0.15, -0.1) is 0 Å². The van der Waals surface area contributed by atoms with Crippen molar-refractivity contribution >= 4 is 23.6 Å². The average Bonchev–Trinajstić information content (AvgIpc) is 2.83. The van der Waals surface area contributed by atoms with E-state index in [0.717, 1.165) is 18.4 Å². The molecule has 33 heavy (non-hydrogen) atoms. The number of carbonyl (C=O) groups is 2. The smallest absolute Gasteiger partial charge is 0.303 e. The van der Waals surface area contributed by atoms with Gasteiger partial charge in [0.2, 0.25) is 0 Å². The van der Waals surface area contributed by atoms with Crippen LogP contribution in [0, 0.1) is 0 Å². The highest BCUT2D eigenvalue weighted by Crippen LogP contribution is 2.25. The largest absolute Gasteiger partial charge is 0.491 e. The third-order valence-corrected chi connectivity index (χ3v) is 5.19. The fourth-order valence-electron chi connectivity index (χ4n) is 3.35. The summed E-state index contributed by atoms with van der Waals surface area (Å²) in [6.07, 6.45) is 4.26. The minimum Gasteiger partial charge on any atom is -0.491 e. The van der Waals surface area contributed by atoms with Gasteiger partial charge in [0.15, 0.2) is 0 Å². The second kappa shape index (κ2) is 12.2. The van der Waals surface area contributed by atoms with Crippen LogP contribution in [0.25, 0.3) is 6.08 Å². The number of anilines is 1. The first-order valence-corrected chi connectivity index (χ1v) is 11.1. The van der Waals surface area contributed by atoms with Gasteiger partial charge in [-0.1, -0.05) is 66.7 Å². The third-order valence-electron chi connectivity index (χ3n) is 5.19. The monoisotopic (exact) mass is 443 g/mol. The van der Waals surface area contributed by atoms with Crippen molar-refractivity contribution in [1.82, 2.24) is 0 Å². The van der Waals surface area contributed by atoms with Gasteiger partial charge in [-0.25, -0.2) is 0 Å². The Bertz CT molecular complexity index is 1090. The first-order valence-electron chi connectivity index (χ1n) is 11.1. The van der Waals surface area contributed by atoms with E-state index in [0.29, 0.717) is 23.4 Å². The molecule has 0 aliphatic carbocycles. The van der Waals surface area contributed by atoms with Crippen molar-refractivity contribution in [2.75, 3.05) is 11.9 Å². The van der Waals surface area contributed by atoms with Crippen LogP contribution in [0.5, 0.6) is 5.75 Å². The molecule has 5 nitrogen and oxygen atoms in total. The van der Waals surface area contributed by atoms with Crippen LogP contribution < -0.4 is 10.1 Å². The summed E-state index contributed by atoms with van der Waals surface area (Å²) in [6, 6.07) is 25.8. The lowest BCUT2D eigenvalue weighted by Gasteiger charge is -2.12. The van der Waals surface area contributed by atoms with Crippen molar-refractivity contribution in [2.45, 2.75) is 32.6 Å². The van der Waals surface area contributed by atoms with E-state index in [1.165, 1.54) is 11.1 Å². The summed E-state index contributed by atoms with van der Waals surface area (Å²) in [4.78, 5) is 23.3. The van der Waals surface area contributed by atoms with Crippen molar-refractivity contribution in [3.05, 3.63) is 101 Å². The number of aryl methyl sites for hydroxylation is 2. The number of rotatable bonds is 11. The predicted molar refractivity (Wildman–Crippen MR) is 131 cm³/mol. The molecule has 3 aromatic rings. The number of carboxylic acids is 1. The highest BCUT2D eigenvalue weighted by molar-refractivity contribution is 6.06. The van der Waals surface area contributed by atoms with E-state index in [-0.39, 0.29) is 18.9 Å². The first kappa shape index (κ1) is 23.8. The fraction of sp³-hybridized carbons (Fsp3) is 0.214. The number of benzene rings is 3. The summed E-state index contributed by atoms with van der Waals surface area (Å²) in [6.45, 7) is 2.04. The van der Waals surface area contributed by atoms with Crippen LogP contribution in [0.2, 0.25) is 0 Å². The SMILES string of the molecule is CC(=Cc1ccc(CCc2ccccc2)cc1)C(=O)Nc1ccccc1OCCCC(=O)O. The minimum absolute atomic E-state index is 0.0431. The third kappa shape index (κ3) is 7.96. The van der Waals surface area contributed by atoms with Crippen molar-refractivity contribution < 1.29 is 19.4 Å². The van der Waals surface area contributed by atoms with E-state index >= 15 is 0 Å². The molecule has 0 heterocycles. The van der Waals surface area contributed by atoms with Crippen molar-refractivity contribution in [3.63, 3.8) is 0 Å². The molecule has 5 heteroatoms. The van der Waals surface area contributed by atoms with Crippen molar-refractivity contribution in [1.29, 1.82) is 0 Å². The molecule has 0 unspecified atom stereocenters. The highest BCUT2D eigenvalue weighted by atomic mass is 16.5. The van der Waals surface area contributed by atoms with Crippen molar-refractivity contribution in [2.24, 2.45) is 0 Å². The van der Waals surface area contributed by atoms with E-state index < -0.39 is 5.97 Å². The summed E-state index contributed by atoms with van der Waals surface area (Å²) < 4.78 is 5.66. The second-order valence-corrected chi connectivity index (χ2v) is 7.85. The van der Waals surface area contributed by atoms with E-state index in [9.17, 15) is 9.59 Å². The first-order chi connectivity index (χ1) is 16.0. The Labute approximate surface area is 194 Å². The van der Waals surface area contributed by atoms with Crippen molar-refractivity contribution in [3.8, 4) is 5.75 Å². The Hall–Kier alpha value is -3.86. The number of amides is 1. The van der Waals surface area contributed by atoms with Crippen LogP contribution in [-0.2, 0) is 22.4 Å². The molecule has 1 amide bonds. The highest BCUT2D eigenvalue weighted by Gasteiger charge is 2.10. The summed E-state index contributed by atoms with van der Waals surface area (Å²) >= 11 is 0. The lowest BCUT2D eigenvalue weighted by Crippen LogP contribution is -2.14. The van der Waals surface area contributed by atoms with Gasteiger partial charge < -0.3 is 15.2 Å². The molecule has 2 N–H and O–H groups in total. The molecule has 0 saturated heterocycles. The zero-order chi connectivity index (χ0) is 23.5. The minimum atomic E-state index is -0.856. The number of aliphatic carboxylic acids is 1. The molecule has 0 fully saturated rings. The maximum Gasteiger partial charge on any atom is 0.303 e. The van der Waals surface area contributed by atoms with Gasteiger partial charge in [0.25, 0.3) is 5.91 Å². The quantitative estimate of drug-likeness (QED) is 0.292. The molecule has 0 aromatic heterocycles. The maximum absolute atomic E-state index is 12.7. The number of para-hydroxylation sites is 2. The molecule has 0 aliphatic heterocycles. The van der Waals surface area contributed by atoms with Gasteiger partial charge in [0.1, 0.15) is 5.75 Å². The zero-order valence-electron chi connectivity index (χ0n) is 18.8. The van der Waals surface area contributed by atoms with E-state index in [4.69, 9.17) is 9.84 Å². The van der Waals surface area contributed by atoms with Crippen LogP contribution in [0.1, 0.15) is 36.5 Å². The molecule has 0 bridgehead atoms. The van der Waals surface area contributed by atoms with E-state index in [1.54, 1.807) is 19.1 Å². The number of hydrogen-bond donors (Lipinski definition) is 2. The summed E-state index contributed by atoms with van der Waals surface area (Å²) in [5, 5.41) is 11.6. The number of carboxylic acid groups (broad SMARTS) is 1. The summed E-state index contributed by atoms with van der Waals surface area (Å²) in [5.41, 5.74) is 4.67. The maximum atomic E-state index is 12.7. The lowest BCUT2D eigenvalue weighted by atomic mass is 10.0. The van der Waals surface area contributed by atoms with E-state index in [1.807, 2.05) is 36.4 Å². The number of nitrogens with one attached hydrogen (secondary N) is 1. The van der Waals surface area contributed by atoms with Crippen LogP contribution in [0.4, 0.5) is 5.69 Å². The second-order valence-electron chi connectivity index (χ2n) is 7.85. The Kier molecular flexibility index (Phi) is 8.83. The van der Waals surface area contributed by atoms with Gasteiger partial charge >= 0.3 is 5.97 Å². The van der Waals surface area contributed by atoms with Gasteiger partial charge in [-0.2, -0.15) is 0 Å². The van der Waals surface area contributed by atoms with Gasteiger partial charge in [-0.3, -0.25) is 9.59 Å². The fourth-order valence-corrected chi connectivity index (χ4v) is 3.35. The molecule has 3 rings (SSSR count). The Balaban J connectivity index is 1.56. The standard InChI is InChI=1S/C28H29NO4/c1-21(20-24-17-15-23(16-18-24)14-13-22-8-3-2-4-9-22)28(32)29-25-10-5-6-11-26(25)33-19-7-12-27(30)31/h2-6,8-11,15-18,20H,7,12-14,19H2,1H3,(H,29,32)(H,30,31). The molecule has 0 atom stereocenters. The topological polar surface area (TPSA) is 75.6 Å².